The first-order chi connectivity index (χ1) is 10.1. The van der Waals surface area contributed by atoms with Crippen molar-refractivity contribution in [2.75, 3.05) is 6.61 Å². The summed E-state index contributed by atoms with van der Waals surface area (Å²) in [5.41, 5.74) is 7.15. The van der Waals surface area contributed by atoms with E-state index in [9.17, 15) is 4.79 Å². The number of rotatable bonds is 5. The third-order valence-corrected chi connectivity index (χ3v) is 3.35. The van der Waals surface area contributed by atoms with Crippen molar-refractivity contribution in [2.45, 2.75) is 20.3 Å². The van der Waals surface area contributed by atoms with Gasteiger partial charge in [-0.3, -0.25) is 0 Å². The third kappa shape index (κ3) is 4.09. The second-order valence-electron chi connectivity index (χ2n) is 5.21. The van der Waals surface area contributed by atoms with E-state index in [1.54, 1.807) is 13.0 Å². The molecule has 110 valence electrons. The zero-order valence-electron chi connectivity index (χ0n) is 12.5. The van der Waals surface area contributed by atoms with Crippen LogP contribution in [0.2, 0.25) is 0 Å². The summed E-state index contributed by atoms with van der Waals surface area (Å²) in [4.78, 5) is 11.5. The largest absolute Gasteiger partial charge is 0.461 e. The van der Waals surface area contributed by atoms with E-state index in [-0.39, 0.29) is 11.6 Å². The standard InChI is InChI=1S/C18H21NO2/c1-3-21-18(20)17(19)11-13(2)10-14-8-9-15-6-4-5-7-16(15)12-14/h4-9,11-13H,3,10,19H2,1-2H3. The van der Waals surface area contributed by atoms with Crippen molar-refractivity contribution < 1.29 is 9.53 Å². The van der Waals surface area contributed by atoms with Gasteiger partial charge >= 0.3 is 5.97 Å². The normalized spacial score (nSPS) is 13.1. The summed E-state index contributed by atoms with van der Waals surface area (Å²) in [6, 6.07) is 14.7. The summed E-state index contributed by atoms with van der Waals surface area (Å²) in [6.07, 6.45) is 2.61. The van der Waals surface area contributed by atoms with Crippen molar-refractivity contribution in [3.63, 3.8) is 0 Å². The Morgan fingerprint density at radius 3 is 2.67 bits per heavy atom. The van der Waals surface area contributed by atoms with E-state index in [2.05, 4.69) is 30.3 Å². The minimum Gasteiger partial charge on any atom is -0.461 e. The molecule has 2 rings (SSSR count). The van der Waals surface area contributed by atoms with Gasteiger partial charge in [-0.15, -0.1) is 0 Å². The molecule has 0 aliphatic carbocycles. The molecule has 1 unspecified atom stereocenters. The fraction of sp³-hybridized carbons (Fsp3) is 0.278. The third-order valence-electron chi connectivity index (χ3n) is 3.35. The highest BCUT2D eigenvalue weighted by molar-refractivity contribution is 5.87. The average molecular weight is 283 g/mol. The lowest BCUT2D eigenvalue weighted by Gasteiger charge is -2.09. The SMILES string of the molecule is CCOC(=O)C(N)=CC(C)Cc1ccc2ccccc2c1. The number of carbonyl (C=O) groups excluding carboxylic acids is 1. The lowest BCUT2D eigenvalue weighted by atomic mass is 9.97. The van der Waals surface area contributed by atoms with E-state index in [4.69, 9.17) is 10.5 Å². The zero-order chi connectivity index (χ0) is 15.2. The van der Waals surface area contributed by atoms with Gasteiger partial charge in [0.15, 0.2) is 0 Å². The topological polar surface area (TPSA) is 52.3 Å². The predicted octanol–water partition coefficient (Wildman–Crippen LogP) is 3.42. The summed E-state index contributed by atoms with van der Waals surface area (Å²) in [7, 11) is 0. The summed E-state index contributed by atoms with van der Waals surface area (Å²) < 4.78 is 4.88. The number of carbonyl (C=O) groups is 1. The quantitative estimate of drug-likeness (QED) is 0.675. The van der Waals surface area contributed by atoms with Gasteiger partial charge in [0.05, 0.1) is 6.61 Å². The first-order valence-electron chi connectivity index (χ1n) is 7.22. The van der Waals surface area contributed by atoms with E-state index >= 15 is 0 Å². The van der Waals surface area contributed by atoms with Crippen molar-refractivity contribution in [3.05, 3.63) is 59.8 Å². The van der Waals surface area contributed by atoms with E-state index in [1.807, 2.05) is 19.1 Å². The van der Waals surface area contributed by atoms with E-state index in [0.29, 0.717) is 6.61 Å². The van der Waals surface area contributed by atoms with Crippen LogP contribution < -0.4 is 5.73 Å². The van der Waals surface area contributed by atoms with Crippen LogP contribution in [-0.2, 0) is 16.0 Å². The van der Waals surface area contributed by atoms with E-state index < -0.39 is 5.97 Å². The molecule has 2 aromatic carbocycles. The Labute approximate surface area is 125 Å². The molecule has 0 aliphatic heterocycles. The molecule has 2 N–H and O–H groups in total. The highest BCUT2D eigenvalue weighted by atomic mass is 16.5. The Bertz CT molecular complexity index is 661. The smallest absolute Gasteiger partial charge is 0.353 e. The lowest BCUT2D eigenvalue weighted by molar-refractivity contribution is -0.138. The number of hydrogen-bond donors (Lipinski definition) is 1. The van der Waals surface area contributed by atoms with Crippen LogP contribution in [0.4, 0.5) is 0 Å². The predicted molar refractivity (Wildman–Crippen MR) is 85.7 cm³/mol. The maximum Gasteiger partial charge on any atom is 0.353 e. The summed E-state index contributed by atoms with van der Waals surface area (Å²) in [6.45, 7) is 4.15. The van der Waals surface area contributed by atoms with Crippen molar-refractivity contribution >= 4 is 16.7 Å². The number of hydrogen-bond acceptors (Lipinski definition) is 3. The first-order valence-corrected chi connectivity index (χ1v) is 7.22. The Morgan fingerprint density at radius 1 is 1.24 bits per heavy atom. The molecule has 3 nitrogen and oxygen atoms in total. The monoisotopic (exact) mass is 283 g/mol. The summed E-state index contributed by atoms with van der Waals surface area (Å²) >= 11 is 0. The van der Waals surface area contributed by atoms with Gasteiger partial charge in [-0.1, -0.05) is 55.5 Å². The molecule has 1 atom stereocenters. The molecular formula is C18H21NO2. The van der Waals surface area contributed by atoms with Crippen LogP contribution in [0.25, 0.3) is 10.8 Å². The summed E-state index contributed by atoms with van der Waals surface area (Å²) in [5.74, 6) is -0.265. The second kappa shape index (κ2) is 6.93. The minimum absolute atomic E-state index is 0.176. The van der Waals surface area contributed by atoms with E-state index in [0.717, 1.165) is 6.42 Å². The van der Waals surface area contributed by atoms with Gasteiger partial charge in [0.2, 0.25) is 0 Å². The number of allylic oxidation sites excluding steroid dienone is 1. The first kappa shape index (κ1) is 15.1. The zero-order valence-corrected chi connectivity index (χ0v) is 12.5. The van der Waals surface area contributed by atoms with Crippen LogP contribution in [0.15, 0.2) is 54.2 Å². The molecule has 0 radical (unpaired) electrons. The fourth-order valence-electron chi connectivity index (χ4n) is 2.39. The molecule has 2 aromatic rings. The van der Waals surface area contributed by atoms with Gasteiger partial charge in [-0.05, 0) is 35.6 Å². The van der Waals surface area contributed by atoms with Crippen LogP contribution >= 0.6 is 0 Å². The number of benzene rings is 2. The molecular weight excluding hydrogens is 262 g/mol. The number of ether oxygens (including phenoxy) is 1. The molecule has 0 aliphatic rings. The molecule has 21 heavy (non-hydrogen) atoms. The van der Waals surface area contributed by atoms with Gasteiger partial charge in [0, 0.05) is 0 Å². The molecule has 0 bridgehead atoms. The second-order valence-corrected chi connectivity index (χ2v) is 5.21. The van der Waals surface area contributed by atoms with Gasteiger partial charge < -0.3 is 10.5 Å². The minimum atomic E-state index is -0.442. The number of nitrogens with two attached hydrogens (primary N) is 1. The highest BCUT2D eigenvalue weighted by Gasteiger charge is 2.09. The number of esters is 1. The molecule has 0 saturated carbocycles. The molecule has 0 amide bonds. The Balaban J connectivity index is 2.08. The molecule has 0 saturated heterocycles. The maximum atomic E-state index is 11.5. The van der Waals surface area contributed by atoms with Crippen molar-refractivity contribution in [2.24, 2.45) is 11.7 Å². The Morgan fingerprint density at radius 2 is 1.95 bits per heavy atom. The Kier molecular flexibility index (Phi) is 4.99. The molecule has 0 heterocycles. The lowest BCUT2D eigenvalue weighted by Crippen LogP contribution is -2.16. The van der Waals surface area contributed by atoms with Gasteiger partial charge in [0.1, 0.15) is 5.70 Å². The van der Waals surface area contributed by atoms with Gasteiger partial charge in [0.25, 0.3) is 0 Å². The Hall–Kier alpha value is -2.29. The molecule has 3 heteroatoms. The van der Waals surface area contributed by atoms with Crippen LogP contribution in [-0.4, -0.2) is 12.6 Å². The van der Waals surface area contributed by atoms with Crippen molar-refractivity contribution in [3.8, 4) is 0 Å². The fourth-order valence-corrected chi connectivity index (χ4v) is 2.39. The molecule has 0 aromatic heterocycles. The van der Waals surface area contributed by atoms with Crippen LogP contribution in [0, 0.1) is 5.92 Å². The van der Waals surface area contributed by atoms with E-state index in [1.165, 1.54) is 16.3 Å². The van der Waals surface area contributed by atoms with Gasteiger partial charge in [-0.2, -0.15) is 0 Å². The molecule has 0 spiro atoms. The maximum absolute atomic E-state index is 11.5. The molecule has 0 fully saturated rings. The average Bonchev–Trinajstić information content (AvgIpc) is 2.47. The van der Waals surface area contributed by atoms with Crippen LogP contribution in [0.3, 0.4) is 0 Å². The van der Waals surface area contributed by atoms with Crippen LogP contribution in [0.1, 0.15) is 19.4 Å². The van der Waals surface area contributed by atoms with Crippen LogP contribution in [0.5, 0.6) is 0 Å². The van der Waals surface area contributed by atoms with Crippen molar-refractivity contribution in [1.29, 1.82) is 0 Å². The number of fused-ring (bicyclic) bond motifs is 1. The highest BCUT2D eigenvalue weighted by Crippen LogP contribution is 2.18. The summed E-state index contributed by atoms with van der Waals surface area (Å²) in [5, 5.41) is 2.46. The van der Waals surface area contributed by atoms with Crippen molar-refractivity contribution in [1.82, 2.24) is 0 Å². The van der Waals surface area contributed by atoms with Gasteiger partial charge in [-0.25, -0.2) is 4.79 Å².